The van der Waals surface area contributed by atoms with Gasteiger partial charge in [0.2, 0.25) is 5.91 Å². The summed E-state index contributed by atoms with van der Waals surface area (Å²) < 4.78 is 0. The Labute approximate surface area is 111 Å². The summed E-state index contributed by atoms with van der Waals surface area (Å²) in [6, 6.07) is 3.63. The van der Waals surface area contributed by atoms with Crippen LogP contribution in [-0.2, 0) is 4.79 Å². The van der Waals surface area contributed by atoms with Crippen molar-refractivity contribution in [3.63, 3.8) is 0 Å². The number of hydrogen-bond donors (Lipinski definition) is 1. The number of carbonyl (C=O) groups excluding carboxylic acids is 1. The van der Waals surface area contributed by atoms with Crippen LogP contribution in [-0.4, -0.2) is 39.7 Å². The lowest BCUT2D eigenvalue weighted by atomic mass is 10.2. The van der Waals surface area contributed by atoms with Gasteiger partial charge >= 0.3 is 0 Å². The van der Waals surface area contributed by atoms with Crippen LogP contribution in [0.3, 0.4) is 0 Å². The SMILES string of the molecule is C[C@@H](O)c1ccnc(SCC(=O)N2CCCC2)c1. The molecule has 1 aliphatic heterocycles. The van der Waals surface area contributed by atoms with Crippen molar-refractivity contribution in [3.8, 4) is 0 Å². The minimum absolute atomic E-state index is 0.182. The highest BCUT2D eigenvalue weighted by Crippen LogP contribution is 2.21. The molecule has 0 aliphatic carbocycles. The molecule has 1 aliphatic rings. The Balaban J connectivity index is 1.89. The van der Waals surface area contributed by atoms with E-state index in [0.29, 0.717) is 5.75 Å². The molecule has 98 valence electrons. The molecule has 1 aromatic rings. The number of aliphatic hydroxyl groups excluding tert-OH is 1. The zero-order valence-electron chi connectivity index (χ0n) is 10.5. The molecule has 1 saturated heterocycles. The van der Waals surface area contributed by atoms with E-state index in [1.807, 2.05) is 11.0 Å². The summed E-state index contributed by atoms with van der Waals surface area (Å²) in [6.45, 7) is 3.50. The van der Waals surface area contributed by atoms with Gasteiger partial charge in [-0.05, 0) is 37.5 Å². The van der Waals surface area contributed by atoms with E-state index in [1.165, 1.54) is 11.8 Å². The van der Waals surface area contributed by atoms with E-state index >= 15 is 0 Å². The lowest BCUT2D eigenvalue weighted by Crippen LogP contribution is -2.29. The first kappa shape index (κ1) is 13.4. The third kappa shape index (κ3) is 3.46. The third-order valence-corrected chi connectivity index (χ3v) is 3.95. The lowest BCUT2D eigenvalue weighted by molar-refractivity contribution is -0.127. The van der Waals surface area contributed by atoms with Gasteiger partial charge in [0.15, 0.2) is 0 Å². The molecule has 2 rings (SSSR count). The Morgan fingerprint density at radius 2 is 2.28 bits per heavy atom. The molecule has 1 atom stereocenters. The molecule has 1 fully saturated rings. The first-order valence-electron chi connectivity index (χ1n) is 6.21. The van der Waals surface area contributed by atoms with Crippen molar-refractivity contribution in [2.24, 2.45) is 0 Å². The van der Waals surface area contributed by atoms with Gasteiger partial charge in [-0.2, -0.15) is 0 Å². The van der Waals surface area contributed by atoms with E-state index < -0.39 is 6.10 Å². The number of pyridine rings is 1. The van der Waals surface area contributed by atoms with Crippen molar-refractivity contribution >= 4 is 17.7 Å². The predicted octanol–water partition coefficient (Wildman–Crippen LogP) is 1.85. The van der Waals surface area contributed by atoms with Gasteiger partial charge in [0, 0.05) is 19.3 Å². The zero-order valence-corrected chi connectivity index (χ0v) is 11.3. The van der Waals surface area contributed by atoms with Crippen molar-refractivity contribution in [2.75, 3.05) is 18.8 Å². The highest BCUT2D eigenvalue weighted by atomic mass is 32.2. The second-order valence-corrected chi connectivity index (χ2v) is 5.48. The molecule has 0 bridgehead atoms. The molecule has 1 N–H and O–H groups in total. The molecule has 4 nitrogen and oxygen atoms in total. The summed E-state index contributed by atoms with van der Waals surface area (Å²) in [6.07, 6.45) is 3.41. The average Bonchev–Trinajstić information content (AvgIpc) is 2.90. The number of aliphatic hydroxyl groups is 1. The molecule has 0 unspecified atom stereocenters. The molecular weight excluding hydrogens is 248 g/mol. The standard InChI is InChI=1S/C13H18N2O2S/c1-10(16)11-4-5-14-12(8-11)18-9-13(17)15-6-2-3-7-15/h4-5,8,10,16H,2-3,6-7,9H2,1H3/t10-/m1/s1. The maximum atomic E-state index is 11.9. The molecule has 1 amide bonds. The topological polar surface area (TPSA) is 53.4 Å². The summed E-state index contributed by atoms with van der Waals surface area (Å²) in [5.74, 6) is 0.609. The van der Waals surface area contributed by atoms with E-state index in [9.17, 15) is 9.90 Å². The van der Waals surface area contributed by atoms with E-state index in [2.05, 4.69) is 4.98 Å². The predicted molar refractivity (Wildman–Crippen MR) is 71.4 cm³/mol. The van der Waals surface area contributed by atoms with Gasteiger partial charge in [-0.25, -0.2) is 4.98 Å². The molecule has 1 aromatic heterocycles. The Morgan fingerprint density at radius 1 is 1.56 bits per heavy atom. The van der Waals surface area contributed by atoms with Crippen LogP contribution in [0.25, 0.3) is 0 Å². The molecule has 0 spiro atoms. The molecule has 0 aromatic carbocycles. The molecule has 5 heteroatoms. The van der Waals surface area contributed by atoms with Gasteiger partial charge in [-0.15, -0.1) is 0 Å². The van der Waals surface area contributed by atoms with Crippen molar-refractivity contribution in [1.29, 1.82) is 0 Å². The summed E-state index contributed by atoms with van der Waals surface area (Å²) in [5, 5.41) is 10.3. The van der Waals surface area contributed by atoms with Crippen LogP contribution in [0.2, 0.25) is 0 Å². The minimum atomic E-state index is -0.498. The van der Waals surface area contributed by atoms with Crippen LogP contribution in [0, 0.1) is 0 Å². The molecule has 0 saturated carbocycles. The Hall–Kier alpha value is -1.07. The average molecular weight is 266 g/mol. The van der Waals surface area contributed by atoms with Crippen molar-refractivity contribution in [1.82, 2.24) is 9.88 Å². The monoisotopic (exact) mass is 266 g/mol. The fourth-order valence-electron chi connectivity index (χ4n) is 1.96. The van der Waals surface area contributed by atoms with Gasteiger partial charge in [0.05, 0.1) is 16.9 Å². The molecular formula is C13H18N2O2S. The van der Waals surface area contributed by atoms with Crippen LogP contribution < -0.4 is 0 Å². The maximum Gasteiger partial charge on any atom is 0.232 e. The molecule has 18 heavy (non-hydrogen) atoms. The van der Waals surface area contributed by atoms with Crippen LogP contribution in [0.1, 0.15) is 31.4 Å². The number of nitrogens with zero attached hydrogens (tertiary/aromatic N) is 2. The fourth-order valence-corrected chi connectivity index (χ4v) is 2.77. The molecule has 2 heterocycles. The largest absolute Gasteiger partial charge is 0.389 e. The number of carbonyl (C=O) groups is 1. The summed E-state index contributed by atoms with van der Waals surface area (Å²) in [4.78, 5) is 18.0. The van der Waals surface area contributed by atoms with Crippen molar-refractivity contribution in [3.05, 3.63) is 23.9 Å². The first-order valence-corrected chi connectivity index (χ1v) is 7.20. The normalized spacial score (nSPS) is 16.9. The van der Waals surface area contributed by atoms with Gasteiger partial charge in [-0.1, -0.05) is 11.8 Å². The fraction of sp³-hybridized carbons (Fsp3) is 0.538. The number of thioether (sulfide) groups is 1. The number of amides is 1. The number of aromatic nitrogens is 1. The highest BCUT2D eigenvalue weighted by molar-refractivity contribution is 7.99. The summed E-state index contributed by atoms with van der Waals surface area (Å²) in [5.41, 5.74) is 0.834. The molecule has 0 radical (unpaired) electrons. The van der Waals surface area contributed by atoms with E-state index in [-0.39, 0.29) is 5.91 Å². The Morgan fingerprint density at radius 3 is 2.94 bits per heavy atom. The van der Waals surface area contributed by atoms with Crippen LogP contribution in [0.15, 0.2) is 23.4 Å². The van der Waals surface area contributed by atoms with Gasteiger partial charge in [0.25, 0.3) is 0 Å². The van der Waals surface area contributed by atoms with Crippen LogP contribution in [0.4, 0.5) is 0 Å². The second-order valence-electron chi connectivity index (χ2n) is 4.48. The van der Waals surface area contributed by atoms with Crippen LogP contribution >= 0.6 is 11.8 Å². The lowest BCUT2D eigenvalue weighted by Gasteiger charge is -2.14. The van der Waals surface area contributed by atoms with Crippen molar-refractivity contribution in [2.45, 2.75) is 30.9 Å². The zero-order chi connectivity index (χ0) is 13.0. The van der Waals surface area contributed by atoms with E-state index in [1.54, 1.807) is 19.2 Å². The minimum Gasteiger partial charge on any atom is -0.389 e. The Bertz CT molecular complexity index is 417. The van der Waals surface area contributed by atoms with Gasteiger partial charge in [-0.3, -0.25) is 4.79 Å². The summed E-state index contributed by atoms with van der Waals surface area (Å²) in [7, 11) is 0. The first-order chi connectivity index (χ1) is 8.66. The van der Waals surface area contributed by atoms with E-state index in [4.69, 9.17) is 0 Å². The van der Waals surface area contributed by atoms with E-state index in [0.717, 1.165) is 36.5 Å². The maximum absolute atomic E-state index is 11.9. The Kier molecular flexibility index (Phi) is 4.60. The number of hydrogen-bond acceptors (Lipinski definition) is 4. The third-order valence-electron chi connectivity index (χ3n) is 3.04. The quantitative estimate of drug-likeness (QED) is 0.845. The van der Waals surface area contributed by atoms with Gasteiger partial charge in [0.1, 0.15) is 0 Å². The summed E-state index contributed by atoms with van der Waals surface area (Å²) >= 11 is 1.43. The van der Waals surface area contributed by atoms with Gasteiger partial charge < -0.3 is 10.0 Å². The van der Waals surface area contributed by atoms with Crippen molar-refractivity contribution < 1.29 is 9.90 Å². The second kappa shape index (κ2) is 6.20. The van der Waals surface area contributed by atoms with Crippen LogP contribution in [0.5, 0.6) is 0 Å². The smallest absolute Gasteiger partial charge is 0.232 e. The number of rotatable bonds is 4. The highest BCUT2D eigenvalue weighted by Gasteiger charge is 2.17. The number of likely N-dealkylation sites (tertiary alicyclic amines) is 1.